The topological polar surface area (TPSA) is 73.6 Å². The molecule has 1 aliphatic heterocycles. The number of non-ortho nitro benzene ring substituents is 1. The van der Waals surface area contributed by atoms with Gasteiger partial charge in [0.25, 0.3) is 5.69 Å². The predicted molar refractivity (Wildman–Crippen MR) is 77.9 cm³/mol. The van der Waals surface area contributed by atoms with E-state index in [0.29, 0.717) is 19.8 Å². The zero-order valence-electron chi connectivity index (χ0n) is 11.2. The lowest BCUT2D eigenvalue weighted by molar-refractivity contribution is -0.384. The van der Waals surface area contributed by atoms with Crippen LogP contribution in [0.15, 0.2) is 42.5 Å². The van der Waals surface area contributed by atoms with Gasteiger partial charge >= 0.3 is 0 Å². The molecule has 1 N–H and O–H groups in total. The van der Waals surface area contributed by atoms with E-state index in [0.717, 1.165) is 22.7 Å². The quantitative estimate of drug-likeness (QED) is 0.691. The van der Waals surface area contributed by atoms with E-state index in [2.05, 4.69) is 5.32 Å². The summed E-state index contributed by atoms with van der Waals surface area (Å²) >= 11 is 0. The second-order valence-electron chi connectivity index (χ2n) is 4.64. The molecule has 6 nitrogen and oxygen atoms in total. The minimum Gasteiger partial charge on any atom is -0.486 e. The van der Waals surface area contributed by atoms with E-state index in [1.165, 1.54) is 12.1 Å². The van der Waals surface area contributed by atoms with Crippen LogP contribution in [0.5, 0.6) is 11.5 Å². The van der Waals surface area contributed by atoms with Crippen molar-refractivity contribution in [2.45, 2.75) is 6.54 Å². The number of fused-ring (bicyclic) bond motifs is 1. The van der Waals surface area contributed by atoms with Crippen LogP contribution >= 0.6 is 0 Å². The van der Waals surface area contributed by atoms with Gasteiger partial charge in [0.05, 0.1) is 4.92 Å². The fraction of sp³-hybridized carbons (Fsp3) is 0.200. The van der Waals surface area contributed by atoms with E-state index in [-0.39, 0.29) is 5.69 Å². The Labute approximate surface area is 121 Å². The number of hydrogen-bond acceptors (Lipinski definition) is 5. The molecule has 0 fully saturated rings. The highest BCUT2D eigenvalue weighted by atomic mass is 16.6. The Morgan fingerprint density at radius 1 is 1.05 bits per heavy atom. The first-order chi connectivity index (χ1) is 10.2. The van der Waals surface area contributed by atoms with Crippen molar-refractivity contribution in [3.8, 4) is 11.5 Å². The SMILES string of the molecule is O=[N+]([O-])c1ccc(CNc2ccc3c(c2)OCCO3)cc1. The minimum absolute atomic E-state index is 0.0954. The standard InChI is InChI=1S/C15H14N2O4/c18-17(19)13-4-1-11(2-5-13)10-16-12-3-6-14-15(9-12)21-8-7-20-14/h1-6,9,16H,7-8,10H2. The first kappa shape index (κ1) is 13.2. The Bertz CT molecular complexity index is 655. The Morgan fingerprint density at radius 2 is 1.76 bits per heavy atom. The maximum absolute atomic E-state index is 10.6. The molecule has 0 aliphatic carbocycles. The van der Waals surface area contributed by atoms with Gasteiger partial charge in [0.2, 0.25) is 0 Å². The average Bonchev–Trinajstić information content (AvgIpc) is 2.53. The highest BCUT2D eigenvalue weighted by molar-refractivity contribution is 5.55. The largest absolute Gasteiger partial charge is 0.486 e. The first-order valence-electron chi connectivity index (χ1n) is 6.59. The van der Waals surface area contributed by atoms with Gasteiger partial charge in [-0.05, 0) is 17.7 Å². The smallest absolute Gasteiger partial charge is 0.269 e. The van der Waals surface area contributed by atoms with Crippen molar-refractivity contribution in [1.82, 2.24) is 0 Å². The summed E-state index contributed by atoms with van der Waals surface area (Å²) in [6.07, 6.45) is 0. The molecule has 0 unspecified atom stereocenters. The van der Waals surface area contributed by atoms with Crippen LogP contribution in [-0.2, 0) is 6.54 Å². The molecule has 108 valence electrons. The van der Waals surface area contributed by atoms with E-state index in [4.69, 9.17) is 9.47 Å². The van der Waals surface area contributed by atoms with Gasteiger partial charge in [-0.2, -0.15) is 0 Å². The summed E-state index contributed by atoms with van der Waals surface area (Å²) in [6, 6.07) is 12.2. The van der Waals surface area contributed by atoms with Gasteiger partial charge < -0.3 is 14.8 Å². The van der Waals surface area contributed by atoms with Crippen LogP contribution in [0.25, 0.3) is 0 Å². The number of nitrogens with one attached hydrogen (secondary N) is 1. The van der Waals surface area contributed by atoms with Crippen molar-refractivity contribution in [3.63, 3.8) is 0 Å². The van der Waals surface area contributed by atoms with Crippen LogP contribution < -0.4 is 14.8 Å². The molecule has 0 bridgehead atoms. The molecule has 1 aliphatic rings. The summed E-state index contributed by atoms with van der Waals surface area (Å²) in [6.45, 7) is 1.71. The molecule has 0 saturated heterocycles. The van der Waals surface area contributed by atoms with E-state index < -0.39 is 4.92 Å². The Balaban J connectivity index is 1.65. The molecule has 0 aromatic heterocycles. The normalized spacial score (nSPS) is 12.8. The lowest BCUT2D eigenvalue weighted by Gasteiger charge is -2.19. The first-order valence-corrected chi connectivity index (χ1v) is 6.59. The summed E-state index contributed by atoms with van der Waals surface area (Å²) in [5.41, 5.74) is 1.98. The number of benzene rings is 2. The van der Waals surface area contributed by atoms with E-state index in [1.54, 1.807) is 12.1 Å². The highest BCUT2D eigenvalue weighted by Crippen LogP contribution is 2.32. The molecule has 0 amide bonds. The van der Waals surface area contributed by atoms with E-state index in [9.17, 15) is 10.1 Å². The number of rotatable bonds is 4. The summed E-state index contributed by atoms with van der Waals surface area (Å²) < 4.78 is 11.0. The van der Waals surface area contributed by atoms with Gasteiger partial charge in [-0.3, -0.25) is 10.1 Å². The van der Waals surface area contributed by atoms with Crippen molar-refractivity contribution in [1.29, 1.82) is 0 Å². The molecular weight excluding hydrogens is 272 g/mol. The third kappa shape index (κ3) is 3.05. The monoisotopic (exact) mass is 286 g/mol. The Morgan fingerprint density at radius 3 is 2.48 bits per heavy atom. The lowest BCUT2D eigenvalue weighted by Crippen LogP contribution is -2.15. The Hall–Kier alpha value is -2.76. The van der Waals surface area contributed by atoms with Gasteiger partial charge in [-0.25, -0.2) is 0 Å². The molecule has 0 spiro atoms. The molecule has 2 aromatic carbocycles. The Kier molecular flexibility index (Phi) is 3.59. The molecule has 2 aromatic rings. The average molecular weight is 286 g/mol. The van der Waals surface area contributed by atoms with Gasteiger partial charge in [0.1, 0.15) is 13.2 Å². The van der Waals surface area contributed by atoms with Crippen molar-refractivity contribution >= 4 is 11.4 Å². The van der Waals surface area contributed by atoms with E-state index in [1.807, 2.05) is 18.2 Å². The summed E-state index contributed by atoms with van der Waals surface area (Å²) in [4.78, 5) is 10.2. The molecule has 0 radical (unpaired) electrons. The highest BCUT2D eigenvalue weighted by Gasteiger charge is 2.11. The third-order valence-corrected chi connectivity index (χ3v) is 3.19. The molecular formula is C15H14N2O4. The molecule has 6 heteroatoms. The zero-order chi connectivity index (χ0) is 14.7. The number of nitro benzene ring substituents is 1. The third-order valence-electron chi connectivity index (χ3n) is 3.19. The van der Waals surface area contributed by atoms with Gasteiger partial charge in [0, 0.05) is 30.4 Å². The molecule has 0 atom stereocenters. The van der Waals surface area contributed by atoms with Gasteiger partial charge in [-0.1, -0.05) is 12.1 Å². The van der Waals surface area contributed by atoms with Crippen LogP contribution in [-0.4, -0.2) is 18.1 Å². The number of nitro groups is 1. The fourth-order valence-corrected chi connectivity index (χ4v) is 2.09. The number of nitrogens with zero attached hydrogens (tertiary/aromatic N) is 1. The summed E-state index contributed by atoms with van der Waals surface area (Å²) in [5, 5.41) is 13.8. The zero-order valence-corrected chi connectivity index (χ0v) is 11.2. The fourth-order valence-electron chi connectivity index (χ4n) is 2.09. The van der Waals surface area contributed by atoms with Crippen LogP contribution in [0.4, 0.5) is 11.4 Å². The van der Waals surface area contributed by atoms with Crippen molar-refractivity contribution in [2.24, 2.45) is 0 Å². The molecule has 1 heterocycles. The maximum atomic E-state index is 10.6. The van der Waals surface area contributed by atoms with Gasteiger partial charge in [-0.15, -0.1) is 0 Å². The van der Waals surface area contributed by atoms with Crippen molar-refractivity contribution in [3.05, 3.63) is 58.1 Å². The molecule has 0 saturated carbocycles. The van der Waals surface area contributed by atoms with E-state index >= 15 is 0 Å². The number of anilines is 1. The van der Waals surface area contributed by atoms with Crippen molar-refractivity contribution < 1.29 is 14.4 Å². The van der Waals surface area contributed by atoms with Crippen LogP contribution in [0.2, 0.25) is 0 Å². The summed E-state index contributed by atoms with van der Waals surface area (Å²) in [7, 11) is 0. The second-order valence-corrected chi connectivity index (χ2v) is 4.64. The predicted octanol–water partition coefficient (Wildman–Crippen LogP) is 2.98. The van der Waals surface area contributed by atoms with Gasteiger partial charge in [0.15, 0.2) is 11.5 Å². The van der Waals surface area contributed by atoms with Crippen LogP contribution in [0.1, 0.15) is 5.56 Å². The molecule has 3 rings (SSSR count). The lowest BCUT2D eigenvalue weighted by atomic mass is 10.2. The van der Waals surface area contributed by atoms with Crippen LogP contribution in [0.3, 0.4) is 0 Å². The minimum atomic E-state index is -0.405. The number of hydrogen-bond donors (Lipinski definition) is 1. The van der Waals surface area contributed by atoms with Crippen molar-refractivity contribution in [2.75, 3.05) is 18.5 Å². The molecule has 21 heavy (non-hydrogen) atoms. The van der Waals surface area contributed by atoms with Crippen LogP contribution in [0, 0.1) is 10.1 Å². The summed E-state index contributed by atoms with van der Waals surface area (Å²) in [5.74, 6) is 1.48. The number of ether oxygens (including phenoxy) is 2. The maximum Gasteiger partial charge on any atom is 0.269 e. The second kappa shape index (κ2) is 5.70.